The number of halogens is 3. The van der Waals surface area contributed by atoms with E-state index in [2.05, 4.69) is 20.3 Å². The van der Waals surface area contributed by atoms with Gasteiger partial charge in [-0.15, -0.1) is 11.3 Å². The van der Waals surface area contributed by atoms with E-state index in [4.69, 9.17) is 9.84 Å². The summed E-state index contributed by atoms with van der Waals surface area (Å²) in [5, 5.41) is 23.4. The molecule has 0 radical (unpaired) electrons. The summed E-state index contributed by atoms with van der Waals surface area (Å²) in [6, 6.07) is 2.77. The Kier molecular flexibility index (Phi) is 5.58. The smallest absolute Gasteiger partial charge is 0.418 e. The van der Waals surface area contributed by atoms with Gasteiger partial charge in [-0.3, -0.25) is 4.98 Å². The highest BCUT2D eigenvalue weighted by atomic mass is 32.1. The number of aromatic nitrogens is 3. The largest absolute Gasteiger partial charge is 0.482 e. The zero-order valence-electron chi connectivity index (χ0n) is 15.4. The van der Waals surface area contributed by atoms with Crippen LogP contribution < -0.4 is 10.1 Å². The summed E-state index contributed by atoms with van der Waals surface area (Å²) in [4.78, 5) is 12.1. The van der Waals surface area contributed by atoms with Crippen molar-refractivity contribution in [1.82, 2.24) is 15.0 Å². The van der Waals surface area contributed by atoms with Gasteiger partial charge in [0, 0.05) is 29.5 Å². The van der Waals surface area contributed by atoms with Crippen molar-refractivity contribution in [2.45, 2.75) is 31.2 Å². The van der Waals surface area contributed by atoms with Gasteiger partial charge < -0.3 is 20.3 Å². The lowest BCUT2D eigenvalue weighted by molar-refractivity contribution is -0.138. The van der Waals surface area contributed by atoms with E-state index in [0.29, 0.717) is 11.6 Å². The van der Waals surface area contributed by atoms with E-state index < -0.39 is 30.6 Å². The number of nitrogens with one attached hydrogen (secondary N) is 1. The van der Waals surface area contributed by atoms with Gasteiger partial charge in [0.15, 0.2) is 16.7 Å². The maximum absolute atomic E-state index is 13.2. The van der Waals surface area contributed by atoms with Crippen LogP contribution in [0.5, 0.6) is 5.75 Å². The summed E-state index contributed by atoms with van der Waals surface area (Å²) in [7, 11) is 0. The molecule has 3 N–H and O–H groups in total. The van der Waals surface area contributed by atoms with Crippen LogP contribution in [0.25, 0.3) is 0 Å². The van der Waals surface area contributed by atoms with Crippen molar-refractivity contribution in [2.75, 3.05) is 11.9 Å². The third-order valence-corrected chi connectivity index (χ3v) is 5.46. The average Bonchev–Trinajstić information content (AvgIpc) is 3.35. The van der Waals surface area contributed by atoms with Crippen LogP contribution in [0.15, 0.2) is 36.1 Å². The Morgan fingerprint density at radius 3 is 2.93 bits per heavy atom. The molecule has 1 aliphatic rings. The Balaban J connectivity index is 1.64. The molecule has 0 fully saturated rings. The minimum atomic E-state index is -4.57. The monoisotopic (exact) mass is 438 g/mol. The van der Waals surface area contributed by atoms with Crippen molar-refractivity contribution in [3.8, 4) is 5.75 Å². The molecule has 3 aromatic heterocycles. The number of hydrogen-bond donors (Lipinski definition) is 3. The Labute approximate surface area is 173 Å². The zero-order valence-corrected chi connectivity index (χ0v) is 16.2. The number of thiazole rings is 1. The van der Waals surface area contributed by atoms with Gasteiger partial charge in [0.05, 0.1) is 17.9 Å². The van der Waals surface area contributed by atoms with E-state index in [1.54, 1.807) is 12.4 Å². The molecule has 0 saturated heterocycles. The van der Waals surface area contributed by atoms with Crippen LogP contribution in [0.3, 0.4) is 0 Å². The van der Waals surface area contributed by atoms with Gasteiger partial charge >= 0.3 is 6.18 Å². The lowest BCUT2D eigenvalue weighted by Gasteiger charge is -2.18. The van der Waals surface area contributed by atoms with Crippen LogP contribution in [0.1, 0.15) is 41.0 Å². The Morgan fingerprint density at radius 1 is 1.33 bits per heavy atom. The summed E-state index contributed by atoms with van der Waals surface area (Å²) < 4.78 is 45.6. The van der Waals surface area contributed by atoms with Gasteiger partial charge in [0.2, 0.25) is 0 Å². The van der Waals surface area contributed by atoms with Gasteiger partial charge in [-0.25, -0.2) is 9.97 Å². The van der Waals surface area contributed by atoms with E-state index >= 15 is 0 Å². The number of fused-ring (bicyclic) bond motifs is 1. The van der Waals surface area contributed by atoms with Gasteiger partial charge in [0.25, 0.3) is 0 Å². The molecule has 3 heterocycles. The quantitative estimate of drug-likeness (QED) is 0.538. The number of alkyl halides is 3. The molecule has 30 heavy (non-hydrogen) atoms. The second-order valence-corrected chi connectivity index (χ2v) is 7.55. The van der Waals surface area contributed by atoms with Crippen molar-refractivity contribution in [3.05, 3.63) is 58.5 Å². The van der Waals surface area contributed by atoms with Crippen LogP contribution in [0.2, 0.25) is 0 Å². The van der Waals surface area contributed by atoms with Gasteiger partial charge in [-0.1, -0.05) is 0 Å². The molecule has 0 aromatic carbocycles. The molecule has 7 nitrogen and oxygen atoms in total. The van der Waals surface area contributed by atoms with E-state index in [0.717, 1.165) is 41.1 Å². The average molecular weight is 438 g/mol. The molecule has 2 atom stereocenters. The fourth-order valence-corrected chi connectivity index (χ4v) is 3.90. The minimum Gasteiger partial charge on any atom is -0.482 e. The van der Waals surface area contributed by atoms with Gasteiger partial charge in [0.1, 0.15) is 12.2 Å². The molecule has 11 heteroatoms. The summed E-state index contributed by atoms with van der Waals surface area (Å²) >= 11 is 1.12. The number of aryl methyl sites for hydroxylation is 1. The van der Waals surface area contributed by atoms with Crippen molar-refractivity contribution >= 4 is 22.3 Å². The molecule has 158 valence electrons. The number of aliphatic hydroxyl groups excluding tert-OH is 2. The number of pyridine rings is 2. The van der Waals surface area contributed by atoms with E-state index in [-0.39, 0.29) is 17.3 Å². The van der Waals surface area contributed by atoms with E-state index in [1.165, 1.54) is 5.38 Å². The summed E-state index contributed by atoms with van der Waals surface area (Å²) in [5.74, 6) is 0.00529. The molecule has 0 bridgehead atoms. The first kappa shape index (κ1) is 20.5. The Morgan fingerprint density at radius 2 is 2.17 bits per heavy atom. The first-order valence-electron chi connectivity index (χ1n) is 9.03. The van der Waals surface area contributed by atoms with Crippen LogP contribution in [0.4, 0.5) is 24.1 Å². The number of rotatable bonds is 6. The van der Waals surface area contributed by atoms with Crippen molar-refractivity contribution in [2.24, 2.45) is 0 Å². The second-order valence-electron chi connectivity index (χ2n) is 6.69. The summed E-state index contributed by atoms with van der Waals surface area (Å²) in [6.07, 6.45) is -0.758. The maximum Gasteiger partial charge on any atom is 0.418 e. The van der Waals surface area contributed by atoms with E-state index in [1.807, 2.05) is 6.07 Å². The predicted octanol–water partition coefficient (Wildman–Crippen LogP) is 3.79. The number of ether oxygens (including phenoxy) is 1. The van der Waals surface area contributed by atoms with Gasteiger partial charge in [-0.05, 0) is 30.5 Å². The topological polar surface area (TPSA) is 100 Å². The molecular weight excluding hydrogens is 421 g/mol. The molecule has 1 aliphatic carbocycles. The predicted molar refractivity (Wildman–Crippen MR) is 103 cm³/mol. The minimum absolute atomic E-state index is 0.0639. The molecule has 0 amide bonds. The number of nitrogens with zero attached hydrogens (tertiary/aromatic N) is 3. The van der Waals surface area contributed by atoms with Crippen molar-refractivity contribution in [1.29, 1.82) is 0 Å². The highest BCUT2D eigenvalue weighted by Gasteiger charge is 2.33. The summed E-state index contributed by atoms with van der Waals surface area (Å²) in [5.41, 5.74) is 1.20. The third-order valence-electron chi connectivity index (χ3n) is 4.68. The highest BCUT2D eigenvalue weighted by Crippen LogP contribution is 2.40. The van der Waals surface area contributed by atoms with Crippen LogP contribution in [0, 0.1) is 0 Å². The number of aliphatic hydroxyl groups is 2. The fraction of sp³-hybridized carbons (Fsp3) is 0.316. The molecule has 0 saturated carbocycles. The first-order valence-corrected chi connectivity index (χ1v) is 9.91. The summed E-state index contributed by atoms with van der Waals surface area (Å²) in [6.45, 7) is -0.495. The molecule has 0 spiro atoms. The van der Waals surface area contributed by atoms with E-state index in [9.17, 15) is 18.3 Å². The fourth-order valence-electron chi connectivity index (χ4n) is 3.15. The van der Waals surface area contributed by atoms with Crippen molar-refractivity contribution in [3.63, 3.8) is 0 Å². The lowest BCUT2D eigenvalue weighted by atomic mass is 10.2. The third kappa shape index (κ3) is 4.23. The van der Waals surface area contributed by atoms with Gasteiger partial charge in [-0.2, -0.15) is 13.2 Å². The second kappa shape index (κ2) is 8.17. The Bertz CT molecular complexity index is 1040. The molecule has 2 unspecified atom stereocenters. The molecular formula is C19H17F3N4O3S. The SMILES string of the molecule is OCC(O)c1csc(Nc2ncc(C(F)(F)F)cc2OC2CCc3ccncc32)n1. The first-order chi connectivity index (χ1) is 14.3. The lowest BCUT2D eigenvalue weighted by Crippen LogP contribution is -2.11. The van der Waals surface area contributed by atoms with Crippen molar-refractivity contribution < 1.29 is 28.1 Å². The Hall–Kier alpha value is -2.76. The molecule has 4 rings (SSSR count). The molecule has 3 aromatic rings. The highest BCUT2D eigenvalue weighted by molar-refractivity contribution is 7.13. The number of anilines is 2. The normalized spacial score (nSPS) is 16.9. The molecule has 0 aliphatic heterocycles. The van der Waals surface area contributed by atoms with Crippen LogP contribution >= 0.6 is 11.3 Å². The van der Waals surface area contributed by atoms with Crippen LogP contribution in [-0.2, 0) is 12.6 Å². The standard InChI is InChI=1S/C19H17F3N4O3S/c20-19(21,22)11-5-16(29-15-2-1-10-3-4-23-7-12(10)15)17(24-6-11)26-18-25-13(9-30-18)14(28)8-27/h3-7,9,14-15,27-28H,1-2,8H2,(H,24,25,26). The maximum atomic E-state index is 13.2. The zero-order chi connectivity index (χ0) is 21.3. The van der Waals surface area contributed by atoms with Crippen LogP contribution in [-0.4, -0.2) is 31.8 Å². The number of hydrogen-bond acceptors (Lipinski definition) is 8.